The fourth-order valence-electron chi connectivity index (χ4n) is 2.50. The molecular weight excluding hydrogens is 320 g/mol. The van der Waals surface area contributed by atoms with Crippen molar-refractivity contribution in [3.8, 4) is 0 Å². The molecule has 2 rings (SSSR count). The second kappa shape index (κ2) is 8.25. The largest absolute Gasteiger partial charge is 0.371 e. The van der Waals surface area contributed by atoms with E-state index in [-0.39, 0.29) is 49.1 Å². The number of carbonyl (C=O) groups excluding carboxylic acids is 3. The van der Waals surface area contributed by atoms with Crippen molar-refractivity contribution in [2.45, 2.75) is 58.8 Å². The van der Waals surface area contributed by atoms with Gasteiger partial charge >= 0.3 is 0 Å². The SMILES string of the molecule is CC(C)(C)OCc1cccc(CNC(=O)CCN2C(=O)CCC2=O)c1. The van der Waals surface area contributed by atoms with Gasteiger partial charge in [0.05, 0.1) is 12.2 Å². The first-order valence-electron chi connectivity index (χ1n) is 8.56. The number of nitrogens with zero attached hydrogens (tertiary/aromatic N) is 1. The van der Waals surface area contributed by atoms with E-state index in [1.54, 1.807) is 0 Å². The number of amides is 3. The molecule has 0 unspecified atom stereocenters. The van der Waals surface area contributed by atoms with Crippen LogP contribution in [0.25, 0.3) is 0 Å². The molecule has 0 spiro atoms. The van der Waals surface area contributed by atoms with Crippen LogP contribution in [0.15, 0.2) is 24.3 Å². The van der Waals surface area contributed by atoms with Gasteiger partial charge in [0.2, 0.25) is 17.7 Å². The van der Waals surface area contributed by atoms with Gasteiger partial charge in [-0.05, 0) is 31.9 Å². The van der Waals surface area contributed by atoms with Crippen LogP contribution < -0.4 is 5.32 Å². The van der Waals surface area contributed by atoms with Gasteiger partial charge in [-0.2, -0.15) is 0 Å². The maximum atomic E-state index is 11.9. The van der Waals surface area contributed by atoms with E-state index in [9.17, 15) is 14.4 Å². The minimum Gasteiger partial charge on any atom is -0.371 e. The van der Waals surface area contributed by atoms with Gasteiger partial charge in [0, 0.05) is 32.4 Å². The molecule has 0 aliphatic carbocycles. The van der Waals surface area contributed by atoms with Gasteiger partial charge in [0.15, 0.2) is 0 Å². The summed E-state index contributed by atoms with van der Waals surface area (Å²) < 4.78 is 5.75. The number of likely N-dealkylation sites (tertiary alicyclic amines) is 1. The highest BCUT2D eigenvalue weighted by atomic mass is 16.5. The van der Waals surface area contributed by atoms with E-state index in [0.717, 1.165) is 11.1 Å². The minimum absolute atomic E-state index is 0.129. The van der Waals surface area contributed by atoms with Gasteiger partial charge in [-0.25, -0.2) is 0 Å². The zero-order chi connectivity index (χ0) is 18.4. The van der Waals surface area contributed by atoms with Crippen molar-refractivity contribution < 1.29 is 19.1 Å². The first kappa shape index (κ1) is 19.1. The highest BCUT2D eigenvalue weighted by Crippen LogP contribution is 2.14. The molecule has 6 nitrogen and oxygen atoms in total. The Labute approximate surface area is 148 Å². The Hall–Kier alpha value is -2.21. The molecule has 1 saturated heterocycles. The van der Waals surface area contributed by atoms with Gasteiger partial charge in [-0.15, -0.1) is 0 Å². The molecule has 3 amide bonds. The number of rotatable bonds is 7. The Bertz CT molecular complexity index is 633. The number of hydrogen-bond donors (Lipinski definition) is 1. The number of imide groups is 1. The maximum absolute atomic E-state index is 11.9. The number of ether oxygens (including phenoxy) is 1. The van der Waals surface area contributed by atoms with Gasteiger partial charge in [0.25, 0.3) is 0 Å². The van der Waals surface area contributed by atoms with Crippen molar-refractivity contribution in [3.05, 3.63) is 35.4 Å². The predicted molar refractivity (Wildman–Crippen MR) is 93.4 cm³/mol. The fourth-order valence-corrected chi connectivity index (χ4v) is 2.50. The van der Waals surface area contributed by atoms with Crippen molar-refractivity contribution in [1.29, 1.82) is 0 Å². The smallest absolute Gasteiger partial charge is 0.229 e. The summed E-state index contributed by atoms with van der Waals surface area (Å²) in [7, 11) is 0. The fraction of sp³-hybridized carbons (Fsp3) is 0.526. The van der Waals surface area contributed by atoms with Crippen LogP contribution in [0.5, 0.6) is 0 Å². The molecule has 0 aromatic heterocycles. The van der Waals surface area contributed by atoms with E-state index in [4.69, 9.17) is 4.74 Å². The van der Waals surface area contributed by atoms with Crippen LogP contribution in [0.2, 0.25) is 0 Å². The molecule has 0 saturated carbocycles. The van der Waals surface area contributed by atoms with Crippen LogP contribution in [-0.4, -0.2) is 34.8 Å². The number of nitrogens with one attached hydrogen (secondary N) is 1. The highest BCUT2D eigenvalue weighted by molar-refractivity contribution is 6.02. The number of hydrogen-bond acceptors (Lipinski definition) is 4. The lowest BCUT2D eigenvalue weighted by molar-refractivity contribution is -0.138. The molecule has 25 heavy (non-hydrogen) atoms. The summed E-state index contributed by atoms with van der Waals surface area (Å²) in [6, 6.07) is 7.86. The summed E-state index contributed by atoms with van der Waals surface area (Å²) in [5.74, 6) is -0.558. The third-order valence-corrected chi connectivity index (χ3v) is 3.87. The zero-order valence-corrected chi connectivity index (χ0v) is 15.1. The van der Waals surface area contributed by atoms with E-state index >= 15 is 0 Å². The lowest BCUT2D eigenvalue weighted by Gasteiger charge is -2.19. The summed E-state index contributed by atoms with van der Waals surface area (Å²) >= 11 is 0. The topological polar surface area (TPSA) is 75.7 Å². The molecule has 0 radical (unpaired) electrons. The average Bonchev–Trinajstić information content (AvgIpc) is 2.87. The maximum Gasteiger partial charge on any atom is 0.229 e. The molecule has 1 fully saturated rings. The Morgan fingerprint density at radius 3 is 2.44 bits per heavy atom. The van der Waals surface area contributed by atoms with E-state index in [0.29, 0.717) is 13.2 Å². The standard InChI is InChI=1S/C19H26N2O4/c1-19(2,3)25-13-15-6-4-5-14(11-15)12-20-16(22)9-10-21-17(23)7-8-18(21)24/h4-6,11H,7-10,12-13H2,1-3H3,(H,20,22). The van der Waals surface area contributed by atoms with Crippen molar-refractivity contribution in [3.63, 3.8) is 0 Å². The molecule has 136 valence electrons. The van der Waals surface area contributed by atoms with Crippen LogP contribution in [0.3, 0.4) is 0 Å². The summed E-state index contributed by atoms with van der Waals surface area (Å²) in [6.07, 6.45) is 0.637. The van der Waals surface area contributed by atoms with Crippen LogP contribution in [0.4, 0.5) is 0 Å². The second-order valence-corrected chi connectivity index (χ2v) is 7.19. The molecule has 1 aromatic rings. The van der Waals surface area contributed by atoms with Crippen LogP contribution in [0, 0.1) is 0 Å². The molecule has 1 N–H and O–H groups in total. The summed E-state index contributed by atoms with van der Waals surface area (Å²) in [5, 5.41) is 2.82. The van der Waals surface area contributed by atoms with Crippen LogP contribution in [0.1, 0.15) is 51.2 Å². The second-order valence-electron chi connectivity index (χ2n) is 7.19. The molecule has 6 heteroatoms. The first-order chi connectivity index (χ1) is 11.7. The first-order valence-corrected chi connectivity index (χ1v) is 8.56. The van der Waals surface area contributed by atoms with Crippen molar-refractivity contribution in [2.24, 2.45) is 0 Å². The van der Waals surface area contributed by atoms with Gasteiger partial charge in [-0.1, -0.05) is 24.3 Å². The van der Waals surface area contributed by atoms with Crippen molar-refractivity contribution >= 4 is 17.7 Å². The van der Waals surface area contributed by atoms with E-state index in [1.165, 1.54) is 4.90 Å². The lowest BCUT2D eigenvalue weighted by Crippen LogP contribution is -2.34. The van der Waals surface area contributed by atoms with E-state index in [1.807, 2.05) is 45.0 Å². The Balaban J connectivity index is 1.77. The molecule has 1 aliphatic rings. The van der Waals surface area contributed by atoms with Crippen molar-refractivity contribution in [2.75, 3.05) is 6.54 Å². The monoisotopic (exact) mass is 346 g/mol. The average molecular weight is 346 g/mol. The molecule has 1 heterocycles. The normalized spacial score (nSPS) is 14.9. The molecule has 1 aromatic carbocycles. The Morgan fingerprint density at radius 1 is 1.16 bits per heavy atom. The number of benzene rings is 1. The Kier molecular flexibility index (Phi) is 6.31. The third-order valence-electron chi connectivity index (χ3n) is 3.87. The Morgan fingerprint density at radius 2 is 1.80 bits per heavy atom. The van der Waals surface area contributed by atoms with E-state index < -0.39 is 0 Å². The quantitative estimate of drug-likeness (QED) is 0.768. The van der Waals surface area contributed by atoms with Crippen molar-refractivity contribution in [1.82, 2.24) is 10.2 Å². The highest BCUT2D eigenvalue weighted by Gasteiger charge is 2.28. The summed E-state index contributed by atoms with van der Waals surface area (Å²) in [6.45, 7) is 7.10. The zero-order valence-electron chi connectivity index (χ0n) is 15.1. The van der Waals surface area contributed by atoms with E-state index in [2.05, 4.69) is 5.32 Å². The van der Waals surface area contributed by atoms with Gasteiger partial charge in [-0.3, -0.25) is 19.3 Å². The van der Waals surface area contributed by atoms with Gasteiger partial charge < -0.3 is 10.1 Å². The molecular formula is C19H26N2O4. The number of carbonyl (C=O) groups is 3. The summed E-state index contributed by atoms with van der Waals surface area (Å²) in [5.41, 5.74) is 1.83. The lowest BCUT2D eigenvalue weighted by atomic mass is 10.1. The van der Waals surface area contributed by atoms with Gasteiger partial charge in [0.1, 0.15) is 0 Å². The third kappa shape index (κ3) is 6.31. The van der Waals surface area contributed by atoms with Crippen LogP contribution in [-0.2, 0) is 32.3 Å². The molecule has 0 atom stereocenters. The molecule has 0 bridgehead atoms. The summed E-state index contributed by atoms with van der Waals surface area (Å²) in [4.78, 5) is 36.1. The minimum atomic E-state index is -0.200. The predicted octanol–water partition coefficient (Wildman–Crippen LogP) is 2.16. The van der Waals surface area contributed by atoms with Crippen LogP contribution >= 0.6 is 0 Å². The molecule has 1 aliphatic heterocycles.